The Morgan fingerprint density at radius 1 is 0.974 bits per heavy atom. The molecule has 1 aliphatic heterocycles. The van der Waals surface area contributed by atoms with Crippen molar-refractivity contribution in [2.24, 2.45) is 7.05 Å². The van der Waals surface area contributed by atoms with Crippen LogP contribution in [-0.2, 0) is 18.3 Å². The fraction of sp³-hybridized carbons (Fsp3) is 0.281. The number of ether oxygens (including phenoxy) is 1. The van der Waals surface area contributed by atoms with Gasteiger partial charge in [0.25, 0.3) is 5.56 Å². The number of aryl methyl sites for hydroxylation is 1. The number of aromatic nitrogens is 2. The lowest BCUT2D eigenvalue weighted by Gasteiger charge is -2.37. The van der Waals surface area contributed by atoms with E-state index in [4.69, 9.17) is 9.72 Å². The Morgan fingerprint density at radius 3 is 2.59 bits per heavy atom. The number of fused-ring (bicyclic) bond motifs is 2. The summed E-state index contributed by atoms with van der Waals surface area (Å²) >= 11 is 0. The van der Waals surface area contributed by atoms with Crippen LogP contribution in [0.4, 0.5) is 0 Å². The number of pyridine rings is 2. The van der Waals surface area contributed by atoms with Crippen LogP contribution in [0.15, 0.2) is 71.7 Å². The van der Waals surface area contributed by atoms with Crippen molar-refractivity contribution in [2.75, 3.05) is 33.3 Å². The number of benzene rings is 2. The molecule has 1 atom stereocenters. The molecule has 0 bridgehead atoms. The average Bonchev–Trinajstić information content (AvgIpc) is 3.45. The molecule has 3 heterocycles. The Balaban J connectivity index is 1.15. The Hall–Kier alpha value is -4.23. The molecular formula is C32H32N4O3. The molecule has 1 aliphatic carbocycles. The Bertz CT molecular complexity index is 1660. The van der Waals surface area contributed by atoms with Crippen LogP contribution in [0.3, 0.4) is 0 Å². The van der Waals surface area contributed by atoms with Gasteiger partial charge in [-0.3, -0.25) is 14.5 Å². The molecule has 7 nitrogen and oxygen atoms in total. The number of rotatable bonds is 6. The van der Waals surface area contributed by atoms with Gasteiger partial charge in [-0.2, -0.15) is 0 Å². The summed E-state index contributed by atoms with van der Waals surface area (Å²) in [4.78, 5) is 33.6. The molecular weight excluding hydrogens is 488 g/mol. The van der Waals surface area contributed by atoms with Crippen molar-refractivity contribution in [2.45, 2.75) is 19.4 Å². The van der Waals surface area contributed by atoms with E-state index in [1.807, 2.05) is 50.5 Å². The largest absolute Gasteiger partial charge is 0.492 e. The molecule has 1 saturated heterocycles. The summed E-state index contributed by atoms with van der Waals surface area (Å²) in [6.45, 7) is 4.85. The second kappa shape index (κ2) is 10.2. The van der Waals surface area contributed by atoms with Crippen molar-refractivity contribution in [3.8, 4) is 28.1 Å². The first-order valence-electron chi connectivity index (χ1n) is 13.4. The van der Waals surface area contributed by atoms with Gasteiger partial charge in [-0.1, -0.05) is 36.4 Å². The van der Waals surface area contributed by atoms with Crippen molar-refractivity contribution in [1.29, 1.82) is 0 Å². The van der Waals surface area contributed by atoms with Crippen LogP contribution in [0.2, 0.25) is 0 Å². The third-order valence-electron chi connectivity index (χ3n) is 7.93. The zero-order valence-electron chi connectivity index (χ0n) is 22.6. The van der Waals surface area contributed by atoms with E-state index in [1.165, 1.54) is 0 Å². The third kappa shape index (κ3) is 4.74. The van der Waals surface area contributed by atoms with Gasteiger partial charge < -0.3 is 14.2 Å². The van der Waals surface area contributed by atoms with Crippen molar-refractivity contribution in [3.05, 3.63) is 88.4 Å². The van der Waals surface area contributed by atoms with Crippen molar-refractivity contribution in [1.82, 2.24) is 19.4 Å². The lowest BCUT2D eigenvalue weighted by Crippen LogP contribution is -2.55. The summed E-state index contributed by atoms with van der Waals surface area (Å²) in [5.41, 5.74) is 6.85. The first-order valence-corrected chi connectivity index (χ1v) is 13.4. The fourth-order valence-corrected chi connectivity index (χ4v) is 5.54. The smallest absolute Gasteiger partial charge is 0.254 e. The van der Waals surface area contributed by atoms with Gasteiger partial charge in [0.1, 0.15) is 12.4 Å². The lowest BCUT2D eigenvalue weighted by molar-refractivity contribution is -0.139. The normalized spacial score (nSPS) is 17.2. The number of allylic oxidation sites excluding steroid dienone is 1. The number of likely N-dealkylation sites (N-methyl/N-ethyl adjacent to an activating group) is 1. The summed E-state index contributed by atoms with van der Waals surface area (Å²) in [7, 11) is 3.65. The predicted octanol–water partition coefficient (Wildman–Crippen LogP) is 4.38. The van der Waals surface area contributed by atoms with Crippen LogP contribution in [0.25, 0.3) is 39.4 Å². The molecule has 0 unspecified atom stereocenters. The van der Waals surface area contributed by atoms with E-state index >= 15 is 0 Å². The molecule has 39 heavy (non-hydrogen) atoms. The second-order valence-corrected chi connectivity index (χ2v) is 10.4. The summed E-state index contributed by atoms with van der Waals surface area (Å²) in [5, 5.41) is 1.06. The van der Waals surface area contributed by atoms with Crippen LogP contribution in [-0.4, -0.2) is 64.6 Å². The lowest BCUT2D eigenvalue weighted by atomic mass is 10.0. The number of hydrogen-bond donors (Lipinski definition) is 0. The van der Waals surface area contributed by atoms with Crippen molar-refractivity contribution in [3.63, 3.8) is 0 Å². The van der Waals surface area contributed by atoms with E-state index in [9.17, 15) is 9.59 Å². The molecule has 2 aromatic heterocycles. The summed E-state index contributed by atoms with van der Waals surface area (Å²) < 4.78 is 7.63. The molecule has 6 rings (SSSR count). The standard InChI is InChI=1S/C32H32N4O3/c1-21-31(37)34(2)15-16-36(21)17-18-39-25-11-7-22(8-12-25)23-9-13-29-24(19-23)10-14-30(33-29)28-20-35(3)32(38)27-6-4-5-26(27)28/h4-5,7-14,19-21H,6,15-18H2,1-3H3/t21-/m1/s1. The number of nitrogens with zero attached hydrogens (tertiary/aromatic N) is 4. The zero-order chi connectivity index (χ0) is 27.1. The van der Waals surface area contributed by atoms with Gasteiger partial charge in [0, 0.05) is 56.4 Å². The molecule has 4 aromatic rings. The molecule has 198 valence electrons. The maximum atomic E-state index is 12.5. The summed E-state index contributed by atoms with van der Waals surface area (Å²) in [6, 6.07) is 18.4. The van der Waals surface area contributed by atoms with Gasteiger partial charge >= 0.3 is 0 Å². The van der Waals surface area contributed by atoms with Crippen LogP contribution >= 0.6 is 0 Å². The summed E-state index contributed by atoms with van der Waals surface area (Å²) in [6.07, 6.45) is 6.62. The highest BCUT2D eigenvalue weighted by atomic mass is 16.5. The topological polar surface area (TPSA) is 67.7 Å². The van der Waals surface area contributed by atoms with Gasteiger partial charge in [-0.25, -0.2) is 4.98 Å². The minimum Gasteiger partial charge on any atom is -0.492 e. The number of carbonyl (C=O) groups excluding carboxylic acids is 1. The predicted molar refractivity (Wildman–Crippen MR) is 155 cm³/mol. The van der Waals surface area contributed by atoms with Gasteiger partial charge in [0.2, 0.25) is 5.91 Å². The third-order valence-corrected chi connectivity index (χ3v) is 7.93. The highest BCUT2D eigenvalue weighted by molar-refractivity contribution is 5.88. The quantitative estimate of drug-likeness (QED) is 0.378. The molecule has 2 aliphatic rings. The minimum absolute atomic E-state index is 0.0571. The number of carbonyl (C=O) groups is 1. The van der Waals surface area contributed by atoms with Crippen LogP contribution in [0.1, 0.15) is 18.1 Å². The number of piperazine rings is 1. The van der Waals surface area contributed by atoms with Crippen LogP contribution in [0.5, 0.6) is 5.75 Å². The molecule has 0 saturated carbocycles. The molecule has 0 radical (unpaired) electrons. The number of amides is 1. The monoisotopic (exact) mass is 520 g/mol. The first kappa shape index (κ1) is 25.1. The van der Waals surface area contributed by atoms with Gasteiger partial charge in [0.05, 0.1) is 17.3 Å². The highest BCUT2D eigenvalue weighted by Crippen LogP contribution is 2.31. The average molecular weight is 521 g/mol. The second-order valence-electron chi connectivity index (χ2n) is 10.4. The van der Waals surface area contributed by atoms with Gasteiger partial charge in [-0.05, 0) is 60.4 Å². The van der Waals surface area contributed by atoms with Crippen molar-refractivity contribution < 1.29 is 9.53 Å². The van der Waals surface area contributed by atoms with E-state index in [0.29, 0.717) is 13.0 Å². The van der Waals surface area contributed by atoms with E-state index in [-0.39, 0.29) is 17.5 Å². The molecule has 0 N–H and O–H groups in total. The van der Waals surface area contributed by atoms with E-state index in [0.717, 1.165) is 69.8 Å². The molecule has 0 spiro atoms. The molecule has 7 heteroatoms. The minimum atomic E-state index is -0.104. The van der Waals surface area contributed by atoms with Gasteiger partial charge in [0.15, 0.2) is 0 Å². The fourth-order valence-electron chi connectivity index (χ4n) is 5.54. The first-order chi connectivity index (χ1) is 18.9. The maximum Gasteiger partial charge on any atom is 0.254 e. The zero-order valence-corrected chi connectivity index (χ0v) is 22.6. The van der Waals surface area contributed by atoms with Crippen LogP contribution in [0, 0.1) is 0 Å². The maximum absolute atomic E-state index is 12.5. The molecule has 1 amide bonds. The van der Waals surface area contributed by atoms with Crippen molar-refractivity contribution >= 4 is 22.9 Å². The Kier molecular flexibility index (Phi) is 6.53. The van der Waals surface area contributed by atoms with E-state index in [2.05, 4.69) is 41.3 Å². The Labute approximate surface area is 228 Å². The SMILES string of the molecule is C[C@@H]1C(=O)N(C)CCN1CCOc1ccc(-c2ccc3nc(-c4cn(C)c(=O)c5c4C=CC5)ccc3c2)cc1. The summed E-state index contributed by atoms with van der Waals surface area (Å²) in [5.74, 6) is 0.984. The van der Waals surface area contributed by atoms with Gasteiger partial charge in [-0.15, -0.1) is 0 Å². The van der Waals surface area contributed by atoms with E-state index < -0.39 is 0 Å². The number of hydrogen-bond acceptors (Lipinski definition) is 5. The molecule has 1 fully saturated rings. The molecule has 2 aromatic carbocycles. The van der Waals surface area contributed by atoms with Crippen LogP contribution < -0.4 is 10.3 Å². The highest BCUT2D eigenvalue weighted by Gasteiger charge is 2.28. The van der Waals surface area contributed by atoms with E-state index in [1.54, 1.807) is 16.5 Å². The Morgan fingerprint density at radius 2 is 1.77 bits per heavy atom.